The highest BCUT2D eigenvalue weighted by Crippen LogP contribution is 2.35. The third-order valence-electron chi connectivity index (χ3n) is 3.64. The Morgan fingerprint density at radius 1 is 1.00 bits per heavy atom. The number of aromatic nitrogens is 4. The van der Waals surface area contributed by atoms with E-state index >= 15 is 0 Å². The largest absolute Gasteiger partial charge is 0.417 e. The number of H-pyrrole nitrogens is 1. The van der Waals surface area contributed by atoms with E-state index < -0.39 is 11.7 Å². The van der Waals surface area contributed by atoms with Crippen molar-refractivity contribution in [2.75, 3.05) is 5.32 Å². The van der Waals surface area contributed by atoms with Gasteiger partial charge in [-0.1, -0.05) is 18.2 Å². The number of hydrogen-bond acceptors (Lipinski definition) is 4. The highest BCUT2D eigenvalue weighted by Gasteiger charge is 2.32. The number of alkyl halides is 3. The number of rotatable bonds is 2. The van der Waals surface area contributed by atoms with Crippen molar-refractivity contribution in [1.82, 2.24) is 20.2 Å². The molecule has 4 rings (SSSR count). The Hall–Kier alpha value is -3.16. The molecule has 0 radical (unpaired) electrons. The molecule has 8 heteroatoms. The van der Waals surface area contributed by atoms with Crippen LogP contribution in [0.25, 0.3) is 21.9 Å². The minimum Gasteiger partial charge on any atom is -0.339 e. The summed E-state index contributed by atoms with van der Waals surface area (Å²) < 4.78 is 39.2. The van der Waals surface area contributed by atoms with E-state index in [-0.39, 0.29) is 5.39 Å². The SMILES string of the molecule is FC(F)(F)c1cccc2cc(Nc3[nH]nc4nccnc34)ccc12. The molecule has 0 atom stereocenters. The number of halogens is 3. The van der Waals surface area contributed by atoms with Gasteiger partial charge in [0.1, 0.15) is 0 Å². The van der Waals surface area contributed by atoms with Gasteiger partial charge < -0.3 is 5.32 Å². The number of anilines is 2. The Morgan fingerprint density at radius 2 is 1.83 bits per heavy atom. The second-order valence-electron chi connectivity index (χ2n) is 5.19. The number of fused-ring (bicyclic) bond motifs is 2. The summed E-state index contributed by atoms with van der Waals surface area (Å²) in [5.74, 6) is 0.532. The molecule has 0 saturated heterocycles. The molecule has 0 unspecified atom stereocenters. The van der Waals surface area contributed by atoms with Crippen molar-refractivity contribution in [3.63, 3.8) is 0 Å². The van der Waals surface area contributed by atoms with Gasteiger partial charge in [0.05, 0.1) is 5.56 Å². The van der Waals surface area contributed by atoms with Crippen LogP contribution in [0.5, 0.6) is 0 Å². The number of aromatic amines is 1. The van der Waals surface area contributed by atoms with Gasteiger partial charge in [-0.15, -0.1) is 0 Å². The van der Waals surface area contributed by atoms with Crippen molar-refractivity contribution in [1.29, 1.82) is 0 Å². The van der Waals surface area contributed by atoms with Gasteiger partial charge in [-0.25, -0.2) is 9.97 Å². The lowest BCUT2D eigenvalue weighted by molar-refractivity contribution is -0.136. The summed E-state index contributed by atoms with van der Waals surface area (Å²) in [5, 5.41) is 10.5. The Kier molecular flexibility index (Phi) is 3.12. The van der Waals surface area contributed by atoms with E-state index in [0.29, 0.717) is 28.1 Å². The van der Waals surface area contributed by atoms with E-state index in [0.717, 1.165) is 6.07 Å². The molecular weight excluding hydrogens is 319 g/mol. The highest BCUT2D eigenvalue weighted by atomic mass is 19.4. The predicted molar refractivity (Wildman–Crippen MR) is 83.9 cm³/mol. The van der Waals surface area contributed by atoms with Gasteiger partial charge in [0.25, 0.3) is 0 Å². The summed E-state index contributed by atoms with van der Waals surface area (Å²) in [4.78, 5) is 8.24. The fourth-order valence-electron chi connectivity index (χ4n) is 2.59. The van der Waals surface area contributed by atoms with Crippen molar-refractivity contribution in [2.24, 2.45) is 0 Å². The summed E-state index contributed by atoms with van der Waals surface area (Å²) in [5.41, 5.74) is 0.990. The van der Waals surface area contributed by atoms with Crippen LogP contribution in [0.15, 0.2) is 48.8 Å². The number of nitrogens with one attached hydrogen (secondary N) is 2. The van der Waals surface area contributed by atoms with Crippen molar-refractivity contribution >= 4 is 33.4 Å². The standard InChI is InChI=1S/C16H10F3N5/c17-16(18,19)12-3-1-2-9-8-10(4-5-11(9)12)22-15-13-14(23-24-15)21-7-6-20-13/h1-8H,(H2,21,22,23,24). The van der Waals surface area contributed by atoms with Crippen LogP contribution in [0.1, 0.15) is 5.56 Å². The summed E-state index contributed by atoms with van der Waals surface area (Å²) in [6.07, 6.45) is -1.32. The first-order chi connectivity index (χ1) is 11.5. The van der Waals surface area contributed by atoms with Gasteiger partial charge in [-0.05, 0) is 29.0 Å². The third-order valence-corrected chi connectivity index (χ3v) is 3.64. The van der Waals surface area contributed by atoms with E-state index in [1.54, 1.807) is 24.4 Å². The van der Waals surface area contributed by atoms with Crippen LogP contribution in [0.4, 0.5) is 24.7 Å². The van der Waals surface area contributed by atoms with Gasteiger partial charge in [-0.3, -0.25) is 5.10 Å². The fourth-order valence-corrected chi connectivity index (χ4v) is 2.59. The molecule has 0 saturated carbocycles. The maximum atomic E-state index is 13.1. The average molecular weight is 329 g/mol. The Balaban J connectivity index is 1.76. The van der Waals surface area contributed by atoms with E-state index in [2.05, 4.69) is 25.5 Å². The zero-order valence-electron chi connectivity index (χ0n) is 12.1. The van der Waals surface area contributed by atoms with E-state index in [9.17, 15) is 13.2 Å². The van der Waals surface area contributed by atoms with Gasteiger partial charge in [0.15, 0.2) is 11.3 Å². The predicted octanol–water partition coefficient (Wildman–Crippen LogP) is 4.27. The number of nitrogens with zero attached hydrogens (tertiary/aromatic N) is 3. The second kappa shape index (κ2) is 5.19. The van der Waals surface area contributed by atoms with E-state index in [4.69, 9.17) is 0 Å². The first-order valence-corrected chi connectivity index (χ1v) is 7.04. The average Bonchev–Trinajstić information content (AvgIpc) is 2.96. The van der Waals surface area contributed by atoms with Gasteiger partial charge >= 0.3 is 6.18 Å². The smallest absolute Gasteiger partial charge is 0.339 e. The molecule has 0 fully saturated rings. The Morgan fingerprint density at radius 3 is 2.67 bits per heavy atom. The van der Waals surface area contributed by atoms with Crippen LogP contribution in [-0.4, -0.2) is 20.2 Å². The maximum absolute atomic E-state index is 13.1. The molecular formula is C16H10F3N5. The van der Waals surface area contributed by atoms with Crippen LogP contribution < -0.4 is 5.32 Å². The minimum atomic E-state index is -4.39. The molecule has 0 bridgehead atoms. The maximum Gasteiger partial charge on any atom is 0.417 e. The summed E-state index contributed by atoms with van der Waals surface area (Å²) in [6, 6.07) is 8.79. The van der Waals surface area contributed by atoms with Gasteiger partial charge in [0, 0.05) is 18.1 Å². The Bertz CT molecular complexity index is 1040. The topological polar surface area (TPSA) is 66.5 Å². The first kappa shape index (κ1) is 14.4. The molecule has 2 aromatic heterocycles. The third kappa shape index (κ3) is 2.41. The monoisotopic (exact) mass is 329 g/mol. The minimum absolute atomic E-state index is 0.157. The summed E-state index contributed by atoms with van der Waals surface area (Å²) >= 11 is 0. The summed E-state index contributed by atoms with van der Waals surface area (Å²) in [7, 11) is 0. The van der Waals surface area contributed by atoms with E-state index in [1.807, 2.05) is 0 Å². The molecule has 4 aromatic rings. The Labute approximate surface area is 133 Å². The molecule has 0 aliphatic rings. The van der Waals surface area contributed by atoms with Crippen LogP contribution in [-0.2, 0) is 6.18 Å². The molecule has 2 aromatic carbocycles. The molecule has 0 amide bonds. The molecule has 0 aliphatic carbocycles. The number of hydrogen-bond donors (Lipinski definition) is 2. The number of benzene rings is 2. The zero-order valence-corrected chi connectivity index (χ0v) is 12.1. The molecule has 0 aliphatic heterocycles. The molecule has 24 heavy (non-hydrogen) atoms. The normalized spacial score (nSPS) is 12.0. The lowest BCUT2D eigenvalue weighted by Gasteiger charge is -2.11. The van der Waals surface area contributed by atoms with Crippen molar-refractivity contribution in [3.05, 3.63) is 54.4 Å². The van der Waals surface area contributed by atoms with E-state index in [1.165, 1.54) is 18.3 Å². The lowest BCUT2D eigenvalue weighted by Crippen LogP contribution is -2.05. The molecule has 0 spiro atoms. The second-order valence-corrected chi connectivity index (χ2v) is 5.19. The first-order valence-electron chi connectivity index (χ1n) is 7.04. The van der Waals surface area contributed by atoms with Crippen LogP contribution in [0.2, 0.25) is 0 Å². The van der Waals surface area contributed by atoms with Crippen molar-refractivity contribution in [3.8, 4) is 0 Å². The van der Waals surface area contributed by atoms with Crippen LogP contribution in [0.3, 0.4) is 0 Å². The lowest BCUT2D eigenvalue weighted by atomic mass is 10.0. The molecule has 120 valence electrons. The van der Waals surface area contributed by atoms with Crippen molar-refractivity contribution < 1.29 is 13.2 Å². The molecule has 5 nitrogen and oxygen atoms in total. The molecule has 2 heterocycles. The van der Waals surface area contributed by atoms with Gasteiger partial charge in [-0.2, -0.15) is 18.3 Å². The summed E-state index contributed by atoms with van der Waals surface area (Å²) in [6.45, 7) is 0. The quantitative estimate of drug-likeness (QED) is 0.576. The highest BCUT2D eigenvalue weighted by molar-refractivity contribution is 5.91. The van der Waals surface area contributed by atoms with Crippen LogP contribution in [0, 0.1) is 0 Å². The fraction of sp³-hybridized carbons (Fsp3) is 0.0625. The van der Waals surface area contributed by atoms with Crippen molar-refractivity contribution in [2.45, 2.75) is 6.18 Å². The zero-order chi connectivity index (χ0) is 16.7. The van der Waals surface area contributed by atoms with Gasteiger partial charge in [0.2, 0.25) is 5.65 Å². The van der Waals surface area contributed by atoms with Crippen LogP contribution >= 0.6 is 0 Å². The molecule has 2 N–H and O–H groups in total.